The molecule has 19 heavy (non-hydrogen) atoms. The van der Waals surface area contributed by atoms with Crippen LogP contribution in [-0.4, -0.2) is 27.8 Å². The first kappa shape index (κ1) is 12.3. The molecule has 1 N–H and O–H groups in total. The number of aromatic nitrogens is 4. The second-order valence-electron chi connectivity index (χ2n) is 3.46. The Morgan fingerprint density at radius 2 is 2.21 bits per heavy atom. The van der Waals surface area contributed by atoms with E-state index in [2.05, 4.69) is 19.7 Å². The van der Waals surface area contributed by atoms with Crippen molar-refractivity contribution in [3.8, 4) is 0 Å². The number of imidazole rings is 1. The highest BCUT2D eigenvalue weighted by Crippen LogP contribution is 2.26. The highest BCUT2D eigenvalue weighted by molar-refractivity contribution is 7.92. The lowest BCUT2D eigenvalue weighted by Crippen LogP contribution is -2.16. The van der Waals surface area contributed by atoms with Crippen LogP contribution in [0.15, 0.2) is 35.2 Å². The molecule has 7 nitrogen and oxygen atoms in total. The number of fused-ring (bicyclic) bond motifs is 1. The van der Waals surface area contributed by atoms with Crippen molar-refractivity contribution in [2.75, 3.05) is 4.72 Å². The molecule has 0 saturated carbocycles. The van der Waals surface area contributed by atoms with Crippen LogP contribution in [0.3, 0.4) is 0 Å². The van der Waals surface area contributed by atoms with Gasteiger partial charge in [-0.3, -0.25) is 14.1 Å². The number of halogens is 1. The van der Waals surface area contributed by atoms with Gasteiger partial charge in [-0.15, -0.1) is 11.3 Å². The summed E-state index contributed by atoms with van der Waals surface area (Å²) in [5.74, 6) is 0.115. The molecule has 3 aromatic rings. The molecular weight excluding hydrogens is 310 g/mol. The van der Waals surface area contributed by atoms with Crippen molar-refractivity contribution in [2.24, 2.45) is 0 Å². The van der Waals surface area contributed by atoms with Crippen LogP contribution in [0.1, 0.15) is 0 Å². The fourth-order valence-corrected chi connectivity index (χ4v) is 3.97. The molecule has 0 saturated heterocycles. The molecule has 0 aliphatic carbocycles. The number of hydrogen-bond donors (Lipinski definition) is 1. The molecule has 0 atom stereocenters. The van der Waals surface area contributed by atoms with Crippen molar-refractivity contribution >= 4 is 43.7 Å². The van der Waals surface area contributed by atoms with Crippen molar-refractivity contribution in [1.29, 1.82) is 0 Å². The molecule has 0 spiro atoms. The Kier molecular flexibility index (Phi) is 2.88. The van der Waals surface area contributed by atoms with E-state index in [4.69, 9.17) is 11.6 Å². The molecule has 0 aliphatic rings. The standard InChI is InChI=1S/C9H6ClN5O2S2/c10-7-8(15-3-4-18-9(15)13-7)19(16,17)14-6-5-11-1-2-12-6/h1-5H,(H,12,14). The summed E-state index contributed by atoms with van der Waals surface area (Å²) in [6.07, 6.45) is 5.72. The lowest BCUT2D eigenvalue weighted by molar-refractivity contribution is 0.596. The fourth-order valence-electron chi connectivity index (χ4n) is 1.52. The number of nitrogens with zero attached hydrogens (tertiary/aromatic N) is 4. The molecular formula is C9H6ClN5O2S2. The highest BCUT2D eigenvalue weighted by atomic mass is 35.5. The summed E-state index contributed by atoms with van der Waals surface area (Å²) in [5.41, 5.74) is 0. The zero-order chi connectivity index (χ0) is 13.5. The lowest BCUT2D eigenvalue weighted by atomic mass is 10.7. The maximum atomic E-state index is 12.3. The molecule has 0 unspecified atom stereocenters. The largest absolute Gasteiger partial charge is 0.282 e. The molecule has 10 heteroatoms. The highest BCUT2D eigenvalue weighted by Gasteiger charge is 2.25. The van der Waals surface area contributed by atoms with Crippen LogP contribution in [0.2, 0.25) is 5.15 Å². The van der Waals surface area contributed by atoms with Crippen molar-refractivity contribution in [1.82, 2.24) is 19.4 Å². The molecule has 0 radical (unpaired) electrons. The van der Waals surface area contributed by atoms with E-state index in [-0.39, 0.29) is 16.0 Å². The molecule has 0 fully saturated rings. The molecule has 0 amide bonds. The average Bonchev–Trinajstić information content (AvgIpc) is 2.88. The van der Waals surface area contributed by atoms with Gasteiger partial charge >= 0.3 is 0 Å². The van der Waals surface area contributed by atoms with Gasteiger partial charge in [0.05, 0.1) is 6.20 Å². The third-order valence-corrected chi connectivity index (χ3v) is 4.74. The van der Waals surface area contributed by atoms with Gasteiger partial charge in [0.2, 0.25) is 0 Å². The Balaban J connectivity index is 2.10. The fraction of sp³-hybridized carbons (Fsp3) is 0. The van der Waals surface area contributed by atoms with Gasteiger partial charge in [-0.1, -0.05) is 11.6 Å². The first-order valence-corrected chi connectivity index (χ1v) is 7.72. The van der Waals surface area contributed by atoms with Gasteiger partial charge < -0.3 is 0 Å². The van der Waals surface area contributed by atoms with Crippen LogP contribution in [0.4, 0.5) is 5.82 Å². The first-order chi connectivity index (χ1) is 9.08. The van der Waals surface area contributed by atoms with Crippen LogP contribution >= 0.6 is 22.9 Å². The summed E-state index contributed by atoms with van der Waals surface area (Å²) in [7, 11) is -3.87. The number of nitrogens with one attached hydrogen (secondary N) is 1. The third kappa shape index (κ3) is 2.15. The minimum atomic E-state index is -3.87. The number of thiazole rings is 1. The van der Waals surface area contributed by atoms with Gasteiger partial charge in [-0.2, -0.15) is 8.42 Å². The van der Waals surface area contributed by atoms with Gasteiger partial charge in [0.15, 0.2) is 21.0 Å². The van der Waals surface area contributed by atoms with Gasteiger partial charge in [-0.05, 0) is 0 Å². The van der Waals surface area contributed by atoms with Crippen LogP contribution in [0, 0.1) is 0 Å². The van der Waals surface area contributed by atoms with Crippen molar-refractivity contribution in [2.45, 2.75) is 5.03 Å². The van der Waals surface area contributed by atoms with Crippen LogP contribution in [-0.2, 0) is 10.0 Å². The second-order valence-corrected chi connectivity index (χ2v) is 6.29. The van der Waals surface area contributed by atoms with E-state index in [1.807, 2.05) is 0 Å². The number of hydrogen-bond acceptors (Lipinski definition) is 6. The zero-order valence-corrected chi connectivity index (χ0v) is 11.6. The summed E-state index contributed by atoms with van der Waals surface area (Å²) in [4.78, 5) is 12.1. The van der Waals surface area contributed by atoms with Gasteiger partial charge in [0.25, 0.3) is 10.0 Å². The maximum Gasteiger partial charge on any atom is 0.282 e. The molecule has 3 aromatic heterocycles. The molecule has 98 valence electrons. The Bertz CT molecular complexity index is 827. The smallest absolute Gasteiger partial charge is 0.278 e. The van der Waals surface area contributed by atoms with Gasteiger partial charge in [0.1, 0.15) is 0 Å². The van der Waals surface area contributed by atoms with Crippen molar-refractivity contribution < 1.29 is 8.42 Å². The van der Waals surface area contributed by atoms with E-state index in [1.54, 1.807) is 11.6 Å². The summed E-state index contributed by atoms with van der Waals surface area (Å²) in [6, 6.07) is 0. The van der Waals surface area contributed by atoms with Gasteiger partial charge in [0, 0.05) is 24.0 Å². The van der Waals surface area contributed by atoms with E-state index in [0.29, 0.717) is 4.96 Å². The van der Waals surface area contributed by atoms with Crippen LogP contribution in [0.5, 0.6) is 0 Å². The third-order valence-electron chi connectivity index (χ3n) is 2.24. The monoisotopic (exact) mass is 315 g/mol. The van der Waals surface area contributed by atoms with Crippen LogP contribution < -0.4 is 4.72 Å². The van der Waals surface area contributed by atoms with E-state index < -0.39 is 10.0 Å². The minimum Gasteiger partial charge on any atom is -0.278 e. The minimum absolute atomic E-state index is 0.0803. The molecule has 0 aromatic carbocycles. The molecule has 3 rings (SSSR count). The zero-order valence-electron chi connectivity index (χ0n) is 9.19. The first-order valence-electron chi connectivity index (χ1n) is 4.98. The number of anilines is 1. The molecule has 0 aliphatic heterocycles. The molecule has 3 heterocycles. The summed E-state index contributed by atoms with van der Waals surface area (Å²) >= 11 is 7.17. The Hall–Kier alpha value is -1.71. The normalized spacial score (nSPS) is 11.8. The van der Waals surface area contributed by atoms with Crippen molar-refractivity contribution in [3.05, 3.63) is 35.3 Å². The molecule has 0 bridgehead atoms. The van der Waals surface area contributed by atoms with Gasteiger partial charge in [-0.25, -0.2) is 9.97 Å². The SMILES string of the molecule is O=S(=O)(Nc1cnccn1)c1c(Cl)nc2sccn12. The average molecular weight is 316 g/mol. The summed E-state index contributed by atoms with van der Waals surface area (Å²) in [6.45, 7) is 0. The Morgan fingerprint density at radius 3 is 2.95 bits per heavy atom. The van der Waals surface area contributed by atoms with E-state index in [0.717, 1.165) is 0 Å². The summed E-state index contributed by atoms with van der Waals surface area (Å²) in [5, 5.41) is 1.53. The Morgan fingerprint density at radius 1 is 1.37 bits per heavy atom. The van der Waals surface area contributed by atoms with Crippen LogP contribution in [0.25, 0.3) is 4.96 Å². The predicted molar refractivity (Wildman–Crippen MR) is 70.9 cm³/mol. The van der Waals surface area contributed by atoms with E-state index >= 15 is 0 Å². The Labute approximate surface area is 117 Å². The number of sulfonamides is 1. The van der Waals surface area contributed by atoms with Crippen molar-refractivity contribution in [3.63, 3.8) is 0 Å². The van der Waals surface area contributed by atoms with E-state index in [9.17, 15) is 8.42 Å². The quantitative estimate of drug-likeness (QED) is 0.793. The maximum absolute atomic E-state index is 12.3. The lowest BCUT2D eigenvalue weighted by Gasteiger charge is -2.05. The topological polar surface area (TPSA) is 89.2 Å². The van der Waals surface area contributed by atoms with E-state index in [1.165, 1.54) is 34.3 Å². The summed E-state index contributed by atoms with van der Waals surface area (Å²) < 4.78 is 28.3. The predicted octanol–water partition coefficient (Wildman–Crippen LogP) is 1.64. The number of rotatable bonds is 3. The second kappa shape index (κ2) is 4.44.